The molecular formula is C19H30N2O. The second-order valence-electron chi connectivity index (χ2n) is 6.91. The fourth-order valence-electron chi connectivity index (χ4n) is 4.36. The maximum Gasteiger partial charge on any atom is 0.0741 e. The molecule has 3 atom stereocenters. The van der Waals surface area contributed by atoms with Gasteiger partial charge in [-0.15, -0.1) is 0 Å². The Kier molecular flexibility index (Phi) is 5.51. The van der Waals surface area contributed by atoms with Gasteiger partial charge < -0.3 is 4.74 Å². The van der Waals surface area contributed by atoms with Crippen molar-refractivity contribution in [2.75, 3.05) is 27.2 Å². The smallest absolute Gasteiger partial charge is 0.0741 e. The summed E-state index contributed by atoms with van der Waals surface area (Å²) >= 11 is 0. The quantitative estimate of drug-likeness (QED) is 0.831. The first kappa shape index (κ1) is 16.0. The number of methoxy groups -OCH3 is 1. The Morgan fingerprint density at radius 2 is 1.82 bits per heavy atom. The number of likely N-dealkylation sites (N-methyl/N-ethyl adjacent to an activating group) is 1. The minimum Gasteiger partial charge on any atom is -0.380 e. The van der Waals surface area contributed by atoms with Gasteiger partial charge in [0.2, 0.25) is 0 Å². The number of ether oxygens (including phenoxy) is 1. The lowest BCUT2D eigenvalue weighted by Crippen LogP contribution is -2.57. The monoisotopic (exact) mass is 302 g/mol. The Morgan fingerprint density at radius 3 is 2.50 bits per heavy atom. The van der Waals surface area contributed by atoms with Crippen LogP contribution in [-0.2, 0) is 11.3 Å². The Labute approximate surface area is 135 Å². The number of rotatable bonds is 5. The lowest BCUT2D eigenvalue weighted by Gasteiger charge is -2.46. The van der Waals surface area contributed by atoms with E-state index in [-0.39, 0.29) is 0 Å². The Hall–Kier alpha value is -0.900. The third-order valence-corrected chi connectivity index (χ3v) is 5.47. The van der Waals surface area contributed by atoms with Crippen molar-refractivity contribution in [3.63, 3.8) is 0 Å². The zero-order valence-electron chi connectivity index (χ0n) is 14.1. The molecule has 1 aromatic carbocycles. The molecule has 22 heavy (non-hydrogen) atoms. The van der Waals surface area contributed by atoms with Crippen LogP contribution < -0.4 is 0 Å². The molecule has 0 N–H and O–H groups in total. The molecule has 0 spiro atoms. The van der Waals surface area contributed by atoms with Gasteiger partial charge in [-0.1, -0.05) is 30.3 Å². The Morgan fingerprint density at radius 1 is 1.09 bits per heavy atom. The Balaban J connectivity index is 1.73. The van der Waals surface area contributed by atoms with Gasteiger partial charge in [-0.3, -0.25) is 9.80 Å². The summed E-state index contributed by atoms with van der Waals surface area (Å²) in [6.45, 7) is 3.53. The van der Waals surface area contributed by atoms with Gasteiger partial charge in [0.15, 0.2) is 0 Å². The van der Waals surface area contributed by atoms with Crippen LogP contribution in [-0.4, -0.2) is 55.2 Å². The SMILES string of the molecule is CO[C@H]1CCC[C@@H](N(C)Cc2ccccc2)[C@@H]1N1CCCC1. The van der Waals surface area contributed by atoms with Gasteiger partial charge in [0, 0.05) is 19.7 Å². The first-order valence-electron chi connectivity index (χ1n) is 8.80. The molecule has 0 radical (unpaired) electrons. The van der Waals surface area contributed by atoms with Crippen LogP contribution in [0.4, 0.5) is 0 Å². The standard InChI is InChI=1S/C19H30N2O/c1-20(15-16-9-4-3-5-10-16)17-11-8-12-18(22-2)19(17)21-13-6-7-14-21/h3-5,9-10,17-19H,6-8,11-15H2,1-2H3/t17-,18+,19+/m1/s1. The molecule has 3 heteroatoms. The van der Waals surface area contributed by atoms with Crippen LogP contribution in [0.25, 0.3) is 0 Å². The maximum absolute atomic E-state index is 5.88. The van der Waals surface area contributed by atoms with E-state index in [1.54, 1.807) is 0 Å². The number of likely N-dealkylation sites (tertiary alicyclic amines) is 1. The average Bonchev–Trinajstić information content (AvgIpc) is 3.09. The van der Waals surface area contributed by atoms with Gasteiger partial charge in [0.25, 0.3) is 0 Å². The molecule has 2 aliphatic rings. The van der Waals surface area contributed by atoms with Crippen molar-refractivity contribution in [3.05, 3.63) is 35.9 Å². The van der Waals surface area contributed by atoms with E-state index in [4.69, 9.17) is 4.74 Å². The molecule has 3 rings (SSSR count). The third-order valence-electron chi connectivity index (χ3n) is 5.47. The number of hydrogen-bond acceptors (Lipinski definition) is 3. The molecule has 2 fully saturated rings. The Bertz CT molecular complexity index is 442. The third kappa shape index (κ3) is 3.53. The largest absolute Gasteiger partial charge is 0.380 e. The van der Waals surface area contributed by atoms with E-state index in [0.717, 1.165) is 6.54 Å². The normalized spacial score (nSPS) is 30.0. The van der Waals surface area contributed by atoms with E-state index in [1.807, 2.05) is 7.11 Å². The predicted octanol–water partition coefficient (Wildman–Crippen LogP) is 3.15. The summed E-state index contributed by atoms with van der Waals surface area (Å²) in [5.41, 5.74) is 1.41. The number of benzene rings is 1. The summed E-state index contributed by atoms with van der Waals surface area (Å²) in [5, 5.41) is 0. The van der Waals surface area contributed by atoms with Crippen LogP contribution in [0.15, 0.2) is 30.3 Å². The predicted molar refractivity (Wildman–Crippen MR) is 90.9 cm³/mol. The first-order valence-corrected chi connectivity index (χ1v) is 8.80. The summed E-state index contributed by atoms with van der Waals surface area (Å²) in [4.78, 5) is 5.25. The molecule has 0 bridgehead atoms. The molecule has 1 heterocycles. The highest BCUT2D eigenvalue weighted by atomic mass is 16.5. The lowest BCUT2D eigenvalue weighted by atomic mass is 9.85. The molecule has 1 saturated heterocycles. The number of hydrogen-bond donors (Lipinski definition) is 0. The van der Waals surface area contributed by atoms with Crippen LogP contribution in [0, 0.1) is 0 Å². The zero-order valence-corrected chi connectivity index (χ0v) is 14.1. The van der Waals surface area contributed by atoms with Gasteiger partial charge >= 0.3 is 0 Å². The van der Waals surface area contributed by atoms with E-state index in [1.165, 1.54) is 50.8 Å². The van der Waals surface area contributed by atoms with Crippen LogP contribution in [0.1, 0.15) is 37.7 Å². The molecule has 1 aliphatic carbocycles. The summed E-state index contributed by atoms with van der Waals surface area (Å²) in [6, 6.07) is 12.0. The topological polar surface area (TPSA) is 15.7 Å². The average molecular weight is 302 g/mol. The van der Waals surface area contributed by atoms with Crippen LogP contribution >= 0.6 is 0 Å². The summed E-state index contributed by atoms with van der Waals surface area (Å²) < 4.78 is 5.88. The van der Waals surface area contributed by atoms with Gasteiger partial charge in [0.05, 0.1) is 12.1 Å². The van der Waals surface area contributed by atoms with Crippen LogP contribution in [0.5, 0.6) is 0 Å². The fourth-order valence-corrected chi connectivity index (χ4v) is 4.36. The summed E-state index contributed by atoms with van der Waals surface area (Å²) in [6.07, 6.45) is 6.89. The van der Waals surface area contributed by atoms with Crippen molar-refractivity contribution in [2.24, 2.45) is 0 Å². The van der Waals surface area contributed by atoms with E-state index in [9.17, 15) is 0 Å². The van der Waals surface area contributed by atoms with Crippen molar-refractivity contribution < 1.29 is 4.74 Å². The lowest BCUT2D eigenvalue weighted by molar-refractivity contribution is -0.0452. The molecule has 1 aromatic rings. The number of nitrogens with zero attached hydrogens (tertiary/aromatic N) is 2. The van der Waals surface area contributed by atoms with Crippen LogP contribution in [0.3, 0.4) is 0 Å². The van der Waals surface area contributed by atoms with Crippen molar-refractivity contribution in [1.82, 2.24) is 9.80 Å². The zero-order chi connectivity index (χ0) is 15.4. The molecule has 0 amide bonds. The summed E-state index contributed by atoms with van der Waals surface area (Å²) in [7, 11) is 4.19. The molecule has 0 aromatic heterocycles. The highest BCUT2D eigenvalue weighted by Crippen LogP contribution is 2.31. The molecular weight excluding hydrogens is 272 g/mol. The van der Waals surface area contributed by atoms with Gasteiger partial charge in [0.1, 0.15) is 0 Å². The van der Waals surface area contributed by atoms with E-state index in [2.05, 4.69) is 47.2 Å². The van der Waals surface area contributed by atoms with Crippen molar-refractivity contribution in [2.45, 2.75) is 56.8 Å². The van der Waals surface area contributed by atoms with Crippen molar-refractivity contribution in [3.8, 4) is 0 Å². The van der Waals surface area contributed by atoms with Crippen molar-refractivity contribution >= 4 is 0 Å². The second-order valence-corrected chi connectivity index (χ2v) is 6.91. The van der Waals surface area contributed by atoms with Crippen LogP contribution in [0.2, 0.25) is 0 Å². The molecule has 1 saturated carbocycles. The molecule has 0 unspecified atom stereocenters. The minimum atomic E-state index is 0.398. The van der Waals surface area contributed by atoms with Gasteiger partial charge in [-0.05, 0) is 57.8 Å². The van der Waals surface area contributed by atoms with E-state index >= 15 is 0 Å². The second kappa shape index (κ2) is 7.58. The first-order chi connectivity index (χ1) is 10.8. The summed E-state index contributed by atoms with van der Waals surface area (Å²) in [5.74, 6) is 0. The van der Waals surface area contributed by atoms with E-state index < -0.39 is 0 Å². The highest BCUT2D eigenvalue weighted by Gasteiger charge is 2.40. The maximum atomic E-state index is 5.88. The molecule has 1 aliphatic heterocycles. The molecule has 122 valence electrons. The highest BCUT2D eigenvalue weighted by molar-refractivity contribution is 5.14. The van der Waals surface area contributed by atoms with Gasteiger partial charge in [-0.25, -0.2) is 0 Å². The fraction of sp³-hybridized carbons (Fsp3) is 0.684. The van der Waals surface area contributed by atoms with Crippen molar-refractivity contribution in [1.29, 1.82) is 0 Å². The molecule has 3 nitrogen and oxygen atoms in total. The van der Waals surface area contributed by atoms with Gasteiger partial charge in [-0.2, -0.15) is 0 Å². The minimum absolute atomic E-state index is 0.398. The van der Waals surface area contributed by atoms with E-state index in [0.29, 0.717) is 18.2 Å².